The van der Waals surface area contributed by atoms with Gasteiger partial charge in [0, 0.05) is 44.0 Å². The Bertz CT molecular complexity index is 1040. The van der Waals surface area contributed by atoms with Crippen molar-refractivity contribution < 1.29 is 4.79 Å². The summed E-state index contributed by atoms with van der Waals surface area (Å²) >= 11 is 0. The van der Waals surface area contributed by atoms with Crippen molar-refractivity contribution in [2.45, 2.75) is 20.8 Å². The van der Waals surface area contributed by atoms with Gasteiger partial charge in [0.05, 0.1) is 11.4 Å². The average Bonchev–Trinajstić information content (AvgIpc) is 3.10. The van der Waals surface area contributed by atoms with Gasteiger partial charge in [0.15, 0.2) is 0 Å². The monoisotopic (exact) mass is 388 g/mol. The first-order valence-electron chi connectivity index (χ1n) is 10.3. The van der Waals surface area contributed by atoms with Gasteiger partial charge in [-0.1, -0.05) is 36.8 Å². The summed E-state index contributed by atoms with van der Waals surface area (Å²) in [5.41, 5.74) is 6.16. The van der Waals surface area contributed by atoms with Gasteiger partial charge in [0.2, 0.25) is 5.91 Å². The second kappa shape index (κ2) is 8.21. The second-order valence-corrected chi connectivity index (χ2v) is 7.74. The number of aryl methyl sites for hydroxylation is 2. The van der Waals surface area contributed by atoms with Gasteiger partial charge >= 0.3 is 0 Å². The highest BCUT2D eigenvalue weighted by Gasteiger charge is 2.19. The number of rotatable bonds is 4. The van der Waals surface area contributed by atoms with Gasteiger partial charge < -0.3 is 9.80 Å². The number of pyridine rings is 1. The molecular weight excluding hydrogens is 360 g/mol. The third-order valence-electron chi connectivity index (χ3n) is 5.66. The Morgan fingerprint density at radius 3 is 2.45 bits per heavy atom. The largest absolute Gasteiger partial charge is 0.337 e. The average molecular weight is 389 g/mol. The number of benzene rings is 1. The Labute approximate surface area is 172 Å². The van der Waals surface area contributed by atoms with Crippen LogP contribution < -0.4 is 0 Å². The van der Waals surface area contributed by atoms with E-state index in [-0.39, 0.29) is 5.91 Å². The topological polar surface area (TPSA) is 40.8 Å². The number of piperazine rings is 1. The lowest BCUT2D eigenvalue weighted by Gasteiger charge is -2.33. The molecule has 0 spiro atoms. The molecule has 0 atom stereocenters. The number of amides is 1. The summed E-state index contributed by atoms with van der Waals surface area (Å²) < 4.78 is 2.06. The molecule has 3 heterocycles. The van der Waals surface area contributed by atoms with Crippen LogP contribution in [0.1, 0.15) is 23.7 Å². The van der Waals surface area contributed by atoms with E-state index < -0.39 is 0 Å². The molecule has 5 heteroatoms. The molecule has 0 N–H and O–H groups in total. The lowest BCUT2D eigenvalue weighted by atomic mass is 10.1. The first-order chi connectivity index (χ1) is 14.0. The Kier molecular flexibility index (Phi) is 5.49. The smallest absolute Gasteiger partial charge is 0.246 e. The fourth-order valence-corrected chi connectivity index (χ4v) is 3.79. The molecule has 1 fully saturated rings. The summed E-state index contributed by atoms with van der Waals surface area (Å²) in [7, 11) is 0. The first-order valence-corrected chi connectivity index (χ1v) is 10.3. The Balaban J connectivity index is 1.66. The molecule has 0 bridgehead atoms. The summed E-state index contributed by atoms with van der Waals surface area (Å²) in [6, 6.07) is 12.5. The van der Waals surface area contributed by atoms with Crippen molar-refractivity contribution in [2.24, 2.45) is 0 Å². The number of carbonyl (C=O) groups excluding carboxylic acids is 1. The standard InChI is InChI=1S/C24H28N4O/c1-4-26-13-15-27(16-14-26)23(29)10-9-21-24(20-7-5-18(2)6-8-20)25-22-17-19(3)11-12-28(21)22/h5-12,17H,4,13-16H2,1-3H3/b10-9+. The Morgan fingerprint density at radius 2 is 1.76 bits per heavy atom. The Hall–Kier alpha value is -2.92. The molecule has 150 valence electrons. The van der Waals surface area contributed by atoms with Crippen LogP contribution in [-0.2, 0) is 4.79 Å². The molecule has 29 heavy (non-hydrogen) atoms. The highest BCUT2D eigenvalue weighted by Crippen LogP contribution is 2.26. The lowest BCUT2D eigenvalue weighted by molar-refractivity contribution is -0.127. The molecule has 0 saturated carbocycles. The number of hydrogen-bond donors (Lipinski definition) is 0. The van der Waals surface area contributed by atoms with Crippen LogP contribution in [0.3, 0.4) is 0 Å². The minimum atomic E-state index is 0.0673. The number of carbonyl (C=O) groups is 1. The maximum absolute atomic E-state index is 12.8. The van der Waals surface area contributed by atoms with Gasteiger partial charge in [0.25, 0.3) is 0 Å². The second-order valence-electron chi connectivity index (χ2n) is 7.74. The first kappa shape index (κ1) is 19.4. The fraction of sp³-hybridized carbons (Fsp3) is 0.333. The van der Waals surface area contributed by atoms with E-state index in [4.69, 9.17) is 4.98 Å². The van der Waals surface area contributed by atoms with Gasteiger partial charge in [-0.2, -0.15) is 0 Å². The van der Waals surface area contributed by atoms with E-state index in [1.54, 1.807) is 6.08 Å². The van der Waals surface area contributed by atoms with Crippen LogP contribution in [0.5, 0.6) is 0 Å². The molecule has 1 saturated heterocycles. The molecule has 5 nitrogen and oxygen atoms in total. The minimum Gasteiger partial charge on any atom is -0.337 e. The van der Waals surface area contributed by atoms with Gasteiger partial charge in [-0.05, 0) is 44.2 Å². The van der Waals surface area contributed by atoms with Crippen LogP contribution in [-0.4, -0.2) is 57.8 Å². The molecule has 0 unspecified atom stereocenters. The molecule has 2 aromatic heterocycles. The molecule has 1 aliphatic heterocycles. The minimum absolute atomic E-state index is 0.0673. The molecular formula is C24H28N4O. The van der Waals surface area contributed by atoms with Gasteiger partial charge in [-0.3, -0.25) is 9.20 Å². The van der Waals surface area contributed by atoms with Crippen molar-refractivity contribution in [1.82, 2.24) is 19.2 Å². The summed E-state index contributed by atoms with van der Waals surface area (Å²) in [4.78, 5) is 21.9. The van der Waals surface area contributed by atoms with Crippen molar-refractivity contribution in [3.63, 3.8) is 0 Å². The van der Waals surface area contributed by atoms with Crippen LogP contribution in [0, 0.1) is 13.8 Å². The number of hydrogen-bond acceptors (Lipinski definition) is 3. The van der Waals surface area contributed by atoms with Crippen molar-refractivity contribution in [2.75, 3.05) is 32.7 Å². The molecule has 1 aliphatic rings. The zero-order valence-electron chi connectivity index (χ0n) is 17.4. The van der Waals surface area contributed by atoms with E-state index in [1.165, 1.54) is 11.1 Å². The normalized spacial score (nSPS) is 15.5. The van der Waals surface area contributed by atoms with Gasteiger partial charge in [-0.15, -0.1) is 0 Å². The SMILES string of the molecule is CCN1CCN(C(=O)/C=C/c2c(-c3ccc(C)cc3)nc3cc(C)ccn23)CC1. The summed E-state index contributed by atoms with van der Waals surface area (Å²) in [5, 5.41) is 0. The third-order valence-corrected chi connectivity index (χ3v) is 5.66. The van der Waals surface area contributed by atoms with Crippen LogP contribution in [0.15, 0.2) is 48.7 Å². The van der Waals surface area contributed by atoms with E-state index in [2.05, 4.69) is 66.5 Å². The van der Waals surface area contributed by atoms with Crippen molar-refractivity contribution in [3.05, 3.63) is 65.5 Å². The van der Waals surface area contributed by atoms with Crippen molar-refractivity contribution in [3.8, 4) is 11.3 Å². The molecule has 4 rings (SSSR count). The van der Waals surface area contributed by atoms with E-state index in [1.807, 2.05) is 17.2 Å². The van der Waals surface area contributed by atoms with Crippen LogP contribution in [0.25, 0.3) is 23.0 Å². The quantitative estimate of drug-likeness (QED) is 0.639. The van der Waals surface area contributed by atoms with Crippen LogP contribution >= 0.6 is 0 Å². The van der Waals surface area contributed by atoms with Crippen molar-refractivity contribution >= 4 is 17.6 Å². The number of likely N-dealkylation sites (N-methyl/N-ethyl adjacent to an activating group) is 1. The molecule has 1 aromatic carbocycles. The highest BCUT2D eigenvalue weighted by molar-refractivity contribution is 5.93. The Morgan fingerprint density at radius 1 is 1.03 bits per heavy atom. The predicted octanol–water partition coefficient (Wildman–Crippen LogP) is 3.80. The molecule has 0 radical (unpaired) electrons. The van der Waals surface area contributed by atoms with E-state index in [0.29, 0.717) is 0 Å². The van der Waals surface area contributed by atoms with E-state index in [0.717, 1.165) is 55.3 Å². The van der Waals surface area contributed by atoms with E-state index in [9.17, 15) is 4.79 Å². The number of aromatic nitrogens is 2. The van der Waals surface area contributed by atoms with E-state index >= 15 is 0 Å². The molecule has 3 aromatic rings. The zero-order valence-corrected chi connectivity index (χ0v) is 17.4. The van der Waals surface area contributed by atoms with Gasteiger partial charge in [0.1, 0.15) is 5.65 Å². The third kappa shape index (κ3) is 4.10. The number of nitrogens with zero attached hydrogens (tertiary/aromatic N) is 4. The fourth-order valence-electron chi connectivity index (χ4n) is 3.79. The lowest BCUT2D eigenvalue weighted by Crippen LogP contribution is -2.48. The number of imidazole rings is 1. The maximum Gasteiger partial charge on any atom is 0.246 e. The summed E-state index contributed by atoms with van der Waals surface area (Å²) in [6.07, 6.45) is 5.64. The maximum atomic E-state index is 12.8. The van der Waals surface area contributed by atoms with Crippen LogP contribution in [0.4, 0.5) is 0 Å². The molecule has 1 amide bonds. The molecule has 0 aliphatic carbocycles. The summed E-state index contributed by atoms with van der Waals surface area (Å²) in [5.74, 6) is 0.0673. The van der Waals surface area contributed by atoms with Crippen molar-refractivity contribution in [1.29, 1.82) is 0 Å². The zero-order chi connectivity index (χ0) is 20.4. The number of fused-ring (bicyclic) bond motifs is 1. The highest BCUT2D eigenvalue weighted by atomic mass is 16.2. The predicted molar refractivity (Wildman–Crippen MR) is 118 cm³/mol. The van der Waals surface area contributed by atoms with Gasteiger partial charge in [-0.25, -0.2) is 4.98 Å². The summed E-state index contributed by atoms with van der Waals surface area (Å²) in [6.45, 7) is 10.8. The van der Waals surface area contributed by atoms with Crippen LogP contribution in [0.2, 0.25) is 0 Å².